The Morgan fingerprint density at radius 2 is 1.67 bits per heavy atom. The van der Waals surface area contributed by atoms with Gasteiger partial charge in [-0.15, -0.1) is 0 Å². The molecule has 6 rings (SSSR count). The lowest BCUT2D eigenvalue weighted by Gasteiger charge is -2.29. The molecule has 0 radical (unpaired) electrons. The number of aryl methyl sites for hydroxylation is 1. The van der Waals surface area contributed by atoms with Crippen LogP contribution in [0.25, 0.3) is 0 Å². The van der Waals surface area contributed by atoms with Gasteiger partial charge in [0.05, 0.1) is 23.9 Å². The molecule has 2 aromatic heterocycles. The lowest BCUT2D eigenvalue weighted by molar-refractivity contribution is 0.210. The Morgan fingerprint density at radius 3 is 2.36 bits per heavy atom. The van der Waals surface area contributed by atoms with Crippen LogP contribution in [0.2, 0.25) is 0 Å². The van der Waals surface area contributed by atoms with Crippen LogP contribution in [0, 0.1) is 13.8 Å². The molecule has 36 heavy (non-hydrogen) atoms. The Kier molecular flexibility index (Phi) is 6.46. The molecule has 3 fully saturated rings. The van der Waals surface area contributed by atoms with E-state index in [1.165, 1.54) is 55.5 Å². The molecule has 1 saturated heterocycles. The first kappa shape index (κ1) is 23.5. The van der Waals surface area contributed by atoms with E-state index in [-0.39, 0.29) is 12.1 Å². The average molecular weight is 501 g/mol. The van der Waals surface area contributed by atoms with Gasteiger partial charge in [-0.3, -0.25) is 4.98 Å². The molecule has 0 spiro atoms. The number of pyridine rings is 1. The van der Waals surface area contributed by atoms with E-state index in [0.717, 1.165) is 35.1 Å². The van der Waals surface area contributed by atoms with Crippen LogP contribution in [0.1, 0.15) is 92.1 Å². The second-order valence-electron chi connectivity index (χ2n) is 10.6. The largest absolute Gasteiger partial charge is 0.490 e. The van der Waals surface area contributed by atoms with Crippen molar-refractivity contribution in [3.8, 4) is 5.75 Å². The summed E-state index contributed by atoms with van der Waals surface area (Å²) in [5.74, 6) is 0.945. The SMILES string of the molecule is Cc1cc([C@@H]2[C@@H](c3ccccn3)NC(=S)N2c2ccc(OC3CCCC3)cc2)c(C)n1C1CCCC1. The highest BCUT2D eigenvalue weighted by atomic mass is 32.1. The van der Waals surface area contributed by atoms with Gasteiger partial charge in [0, 0.05) is 29.3 Å². The summed E-state index contributed by atoms with van der Waals surface area (Å²) in [4.78, 5) is 7.02. The fraction of sp³-hybridized carbons (Fsp3) is 0.467. The van der Waals surface area contributed by atoms with E-state index in [1.807, 2.05) is 12.3 Å². The van der Waals surface area contributed by atoms with Gasteiger partial charge in [-0.2, -0.15) is 0 Å². The van der Waals surface area contributed by atoms with E-state index >= 15 is 0 Å². The monoisotopic (exact) mass is 500 g/mol. The lowest BCUT2D eigenvalue weighted by atomic mass is 9.96. The summed E-state index contributed by atoms with van der Waals surface area (Å²) in [5, 5.41) is 4.36. The van der Waals surface area contributed by atoms with Crippen LogP contribution in [0.4, 0.5) is 5.69 Å². The first-order valence-corrected chi connectivity index (χ1v) is 14.0. The third-order valence-corrected chi connectivity index (χ3v) is 8.66. The van der Waals surface area contributed by atoms with Gasteiger partial charge in [0.1, 0.15) is 5.75 Å². The number of hydrogen-bond acceptors (Lipinski definition) is 3. The van der Waals surface area contributed by atoms with Crippen molar-refractivity contribution in [3.05, 3.63) is 77.4 Å². The van der Waals surface area contributed by atoms with Gasteiger partial charge in [0.25, 0.3) is 0 Å². The van der Waals surface area contributed by atoms with Crippen LogP contribution in [0.5, 0.6) is 5.75 Å². The highest BCUT2D eigenvalue weighted by Crippen LogP contribution is 2.45. The Bertz CT molecular complexity index is 1210. The number of benzene rings is 1. The van der Waals surface area contributed by atoms with Crippen LogP contribution in [-0.2, 0) is 0 Å². The minimum atomic E-state index is -0.0226. The van der Waals surface area contributed by atoms with Gasteiger partial charge in [-0.1, -0.05) is 18.9 Å². The van der Waals surface area contributed by atoms with E-state index in [1.54, 1.807) is 0 Å². The number of nitrogens with one attached hydrogen (secondary N) is 1. The third-order valence-electron chi connectivity index (χ3n) is 8.35. The highest BCUT2D eigenvalue weighted by Gasteiger charge is 2.42. The van der Waals surface area contributed by atoms with Gasteiger partial charge >= 0.3 is 0 Å². The molecule has 3 aliphatic rings. The van der Waals surface area contributed by atoms with E-state index in [0.29, 0.717) is 12.1 Å². The van der Waals surface area contributed by atoms with E-state index in [4.69, 9.17) is 21.9 Å². The summed E-state index contributed by atoms with van der Waals surface area (Å²) >= 11 is 5.96. The molecule has 188 valence electrons. The second-order valence-corrected chi connectivity index (χ2v) is 11.0. The van der Waals surface area contributed by atoms with Crippen molar-refractivity contribution < 1.29 is 4.74 Å². The second kappa shape index (κ2) is 9.89. The summed E-state index contributed by atoms with van der Waals surface area (Å²) in [6.45, 7) is 4.54. The van der Waals surface area contributed by atoms with Crippen molar-refractivity contribution in [2.75, 3.05) is 4.90 Å². The van der Waals surface area contributed by atoms with Crippen molar-refractivity contribution in [2.45, 2.75) is 89.4 Å². The standard InChI is InChI=1S/C30H36N4OS/c1-20-19-26(21(2)33(20)22-9-3-4-10-22)29-28(27-13-7-8-18-31-27)32-30(36)34(29)23-14-16-25(17-15-23)35-24-11-5-6-12-24/h7-8,13-19,22,24,28-29H,3-6,9-12H2,1-2H3,(H,32,36)/t28-,29-/m1/s1. The van der Waals surface area contributed by atoms with Crippen LogP contribution < -0.4 is 15.0 Å². The van der Waals surface area contributed by atoms with Gasteiger partial charge in [0.2, 0.25) is 0 Å². The van der Waals surface area contributed by atoms with Crippen molar-refractivity contribution in [3.63, 3.8) is 0 Å². The topological polar surface area (TPSA) is 42.3 Å². The molecule has 2 saturated carbocycles. The molecule has 2 atom stereocenters. The number of hydrogen-bond donors (Lipinski definition) is 1. The molecule has 1 aliphatic heterocycles. The Morgan fingerprint density at radius 1 is 0.944 bits per heavy atom. The highest BCUT2D eigenvalue weighted by molar-refractivity contribution is 7.80. The number of nitrogens with zero attached hydrogens (tertiary/aromatic N) is 3. The predicted molar refractivity (Wildman–Crippen MR) is 149 cm³/mol. The Labute approximate surface area is 219 Å². The number of aromatic nitrogens is 2. The van der Waals surface area contributed by atoms with Crippen molar-refractivity contribution in [1.82, 2.24) is 14.9 Å². The summed E-state index contributed by atoms with van der Waals surface area (Å²) in [6.07, 6.45) is 12.3. The number of anilines is 1. The average Bonchev–Trinajstić information content (AvgIpc) is 3.69. The third kappa shape index (κ3) is 4.30. The molecule has 0 bridgehead atoms. The smallest absolute Gasteiger partial charge is 0.174 e. The molecule has 3 aromatic rings. The van der Waals surface area contributed by atoms with Gasteiger partial charge in [0.15, 0.2) is 5.11 Å². The molecular weight excluding hydrogens is 464 g/mol. The van der Waals surface area contributed by atoms with Gasteiger partial charge < -0.3 is 19.5 Å². The molecule has 0 unspecified atom stereocenters. The summed E-state index contributed by atoms with van der Waals surface area (Å²) in [7, 11) is 0. The normalized spacial score (nSPS) is 22.9. The minimum Gasteiger partial charge on any atom is -0.490 e. The predicted octanol–water partition coefficient (Wildman–Crippen LogP) is 7.11. The summed E-state index contributed by atoms with van der Waals surface area (Å²) in [5.41, 5.74) is 6.11. The van der Waals surface area contributed by atoms with Crippen LogP contribution in [0.3, 0.4) is 0 Å². The first-order valence-electron chi connectivity index (χ1n) is 13.6. The zero-order valence-corrected chi connectivity index (χ0v) is 22.1. The first-order chi connectivity index (χ1) is 17.6. The molecule has 1 N–H and O–H groups in total. The fourth-order valence-corrected chi connectivity index (χ4v) is 7.01. The van der Waals surface area contributed by atoms with E-state index < -0.39 is 0 Å². The van der Waals surface area contributed by atoms with Crippen molar-refractivity contribution in [1.29, 1.82) is 0 Å². The molecule has 3 heterocycles. The van der Waals surface area contributed by atoms with E-state index in [2.05, 4.69) is 71.1 Å². The van der Waals surface area contributed by atoms with Crippen molar-refractivity contribution >= 4 is 23.0 Å². The summed E-state index contributed by atoms with van der Waals surface area (Å²) in [6, 6.07) is 17.6. The Balaban J connectivity index is 1.38. The van der Waals surface area contributed by atoms with Crippen LogP contribution in [0.15, 0.2) is 54.7 Å². The van der Waals surface area contributed by atoms with Crippen molar-refractivity contribution in [2.24, 2.45) is 0 Å². The molecule has 0 amide bonds. The zero-order valence-electron chi connectivity index (χ0n) is 21.3. The molecule has 2 aliphatic carbocycles. The zero-order chi connectivity index (χ0) is 24.6. The maximum absolute atomic E-state index is 6.24. The maximum atomic E-state index is 6.24. The Hall–Kier alpha value is -2.86. The van der Waals surface area contributed by atoms with Crippen LogP contribution in [-0.4, -0.2) is 20.8 Å². The lowest BCUT2D eigenvalue weighted by Crippen LogP contribution is -2.29. The molecular formula is C30H36N4OS. The van der Waals surface area contributed by atoms with Gasteiger partial charge in [-0.25, -0.2) is 0 Å². The molecule has 5 nitrogen and oxygen atoms in total. The summed E-state index contributed by atoms with van der Waals surface area (Å²) < 4.78 is 8.82. The van der Waals surface area contributed by atoms with E-state index in [9.17, 15) is 0 Å². The van der Waals surface area contributed by atoms with Gasteiger partial charge in [-0.05, 0) is 113 Å². The van der Waals surface area contributed by atoms with Crippen LogP contribution >= 0.6 is 12.2 Å². The fourth-order valence-electron chi connectivity index (χ4n) is 6.66. The number of rotatable bonds is 6. The minimum absolute atomic E-state index is 0.0226. The number of ether oxygens (including phenoxy) is 1. The molecule has 6 heteroatoms. The molecule has 1 aromatic carbocycles. The number of thiocarbonyl (C=S) groups is 1. The quantitative estimate of drug-likeness (QED) is 0.365. The maximum Gasteiger partial charge on any atom is 0.174 e.